The number of nitrogens with one attached hydrogen (secondary N) is 1. The fraction of sp³-hybridized carbons (Fsp3) is 0.591. The third kappa shape index (κ3) is 6.30. The molecule has 1 N–H and O–H groups in total. The molecule has 1 aromatic carbocycles. The van der Waals surface area contributed by atoms with Gasteiger partial charge in [-0.1, -0.05) is 43.7 Å². The summed E-state index contributed by atoms with van der Waals surface area (Å²) in [6, 6.07) is 9.28. The van der Waals surface area contributed by atoms with Crippen LogP contribution in [-0.2, 0) is 21.0 Å². The van der Waals surface area contributed by atoms with Crippen LogP contribution in [0.2, 0.25) is 0 Å². The summed E-state index contributed by atoms with van der Waals surface area (Å²) in [5.74, 6) is -0.0695. The fourth-order valence-corrected chi connectivity index (χ4v) is 4.36. The molecule has 0 aliphatic carbocycles. The Balaban J connectivity index is 1.65. The first-order valence-corrected chi connectivity index (χ1v) is 11.5. The number of likely N-dealkylation sites (N-methyl/N-ethyl adjacent to an activating group) is 1. The number of carbonyl (C=O) groups is 3. The van der Waals surface area contributed by atoms with Gasteiger partial charge in [0.05, 0.1) is 19.7 Å². The zero-order valence-electron chi connectivity index (χ0n) is 19.7. The normalized spacial score (nSPS) is 19.4. The Morgan fingerprint density at radius 1 is 1.26 bits per heavy atom. The van der Waals surface area contributed by atoms with E-state index in [1.54, 1.807) is 22.0 Å². The van der Waals surface area contributed by atoms with Crippen LogP contribution >= 0.6 is 0 Å². The molecule has 2 fully saturated rings. The molecule has 0 bridgehead atoms. The Hall–Kier alpha value is -3.50. The van der Waals surface area contributed by atoms with Crippen molar-refractivity contribution in [2.75, 3.05) is 39.8 Å². The molecule has 184 valence electrons. The Bertz CT molecular complexity index is 907. The molecule has 1 aromatic rings. The second-order valence-corrected chi connectivity index (χ2v) is 8.53. The Kier molecular flexibility index (Phi) is 8.94. The lowest BCUT2D eigenvalue weighted by Crippen LogP contribution is -2.73. The molecular weight excluding hydrogens is 440 g/mol. The first-order valence-electron chi connectivity index (χ1n) is 11.5. The van der Waals surface area contributed by atoms with Crippen molar-refractivity contribution in [2.24, 2.45) is 11.2 Å². The van der Waals surface area contributed by atoms with Crippen molar-refractivity contribution in [1.29, 1.82) is 0 Å². The topological polar surface area (TPSA) is 134 Å². The Morgan fingerprint density at radius 2 is 2.03 bits per heavy atom. The average molecular weight is 473 g/mol. The van der Waals surface area contributed by atoms with Gasteiger partial charge in [-0.25, -0.2) is 14.8 Å². The highest BCUT2D eigenvalue weighted by Gasteiger charge is 2.45. The Morgan fingerprint density at radius 3 is 2.74 bits per heavy atom. The molecule has 3 rings (SSSR count). The molecule has 2 aliphatic heterocycles. The molecule has 2 unspecified atom stereocenters. The van der Waals surface area contributed by atoms with Gasteiger partial charge in [0, 0.05) is 25.0 Å². The predicted octanol–water partition coefficient (Wildman–Crippen LogP) is 2.10. The summed E-state index contributed by atoms with van der Waals surface area (Å²) in [4.78, 5) is 49.2. The molecule has 2 aliphatic rings. The molecule has 2 atom stereocenters. The molecule has 0 aromatic heterocycles. The molecule has 2 saturated heterocycles. The van der Waals surface area contributed by atoms with Crippen LogP contribution < -0.4 is 5.32 Å². The number of nitrogens with zero attached hydrogens (tertiary/aromatic N) is 7. The van der Waals surface area contributed by atoms with Gasteiger partial charge in [0.15, 0.2) is 0 Å². The number of rotatable bonds is 10. The fourth-order valence-electron chi connectivity index (χ4n) is 4.36. The van der Waals surface area contributed by atoms with Crippen LogP contribution in [0.1, 0.15) is 31.7 Å². The lowest BCUT2D eigenvalue weighted by molar-refractivity contribution is -0.178. The number of piperazine rings is 1. The molecule has 34 heavy (non-hydrogen) atoms. The van der Waals surface area contributed by atoms with E-state index in [1.165, 1.54) is 4.90 Å². The van der Waals surface area contributed by atoms with Crippen LogP contribution in [0.3, 0.4) is 0 Å². The van der Waals surface area contributed by atoms with E-state index in [2.05, 4.69) is 22.4 Å². The smallest absolute Gasteiger partial charge is 0.334 e. The largest absolute Gasteiger partial charge is 0.434 e. The second-order valence-electron chi connectivity index (χ2n) is 8.53. The van der Waals surface area contributed by atoms with Gasteiger partial charge in [0.2, 0.25) is 11.8 Å². The first kappa shape index (κ1) is 25.1. The molecule has 4 amide bonds. The molecule has 0 radical (unpaired) electrons. The summed E-state index contributed by atoms with van der Waals surface area (Å²) in [6.45, 7) is 3.50. The SMILES string of the molecule is CCC(CCCON=[N+]=[N-])CN1CC2N(CC1=O)C(=O)CN(C)N2C(=O)NCc1ccccc1. The molecule has 12 heteroatoms. The summed E-state index contributed by atoms with van der Waals surface area (Å²) < 4.78 is 0. The van der Waals surface area contributed by atoms with Crippen LogP contribution in [0.25, 0.3) is 10.4 Å². The monoisotopic (exact) mass is 472 g/mol. The zero-order valence-corrected chi connectivity index (χ0v) is 19.7. The van der Waals surface area contributed by atoms with E-state index in [9.17, 15) is 14.4 Å². The quantitative estimate of drug-likeness (QED) is 0.183. The highest BCUT2D eigenvalue weighted by atomic mass is 16.6. The number of benzene rings is 1. The van der Waals surface area contributed by atoms with Gasteiger partial charge in [-0.05, 0) is 29.9 Å². The van der Waals surface area contributed by atoms with Gasteiger partial charge in [-0.2, -0.15) is 0 Å². The van der Waals surface area contributed by atoms with Crippen LogP contribution in [-0.4, -0.2) is 83.7 Å². The maximum Gasteiger partial charge on any atom is 0.334 e. The van der Waals surface area contributed by atoms with Gasteiger partial charge in [-0.3, -0.25) is 9.59 Å². The van der Waals surface area contributed by atoms with Crippen LogP contribution in [0, 0.1) is 5.92 Å². The van der Waals surface area contributed by atoms with E-state index >= 15 is 0 Å². The van der Waals surface area contributed by atoms with Crippen molar-refractivity contribution in [1.82, 2.24) is 25.1 Å². The minimum Gasteiger partial charge on any atom is -0.434 e. The van der Waals surface area contributed by atoms with Crippen molar-refractivity contribution in [3.63, 3.8) is 0 Å². The minimum atomic E-state index is -0.564. The number of fused-ring (bicyclic) bond motifs is 1. The summed E-state index contributed by atoms with van der Waals surface area (Å²) in [7, 11) is 1.71. The van der Waals surface area contributed by atoms with Gasteiger partial charge in [0.1, 0.15) is 18.0 Å². The van der Waals surface area contributed by atoms with E-state index in [0.717, 1.165) is 18.4 Å². The number of hydrogen-bond acceptors (Lipinski definition) is 6. The van der Waals surface area contributed by atoms with Gasteiger partial charge in [-0.15, -0.1) is 0 Å². The molecule has 0 spiro atoms. The summed E-state index contributed by atoms with van der Waals surface area (Å²) >= 11 is 0. The highest BCUT2D eigenvalue weighted by Crippen LogP contribution is 2.23. The number of hydrazine groups is 1. The van der Waals surface area contributed by atoms with E-state index in [1.807, 2.05) is 30.3 Å². The van der Waals surface area contributed by atoms with Crippen molar-refractivity contribution >= 4 is 17.8 Å². The molecular formula is C22H32N8O4. The summed E-state index contributed by atoms with van der Waals surface area (Å²) in [5, 5.41) is 9.15. The first-order chi connectivity index (χ1) is 16.4. The lowest BCUT2D eigenvalue weighted by Gasteiger charge is -2.51. The Labute approximate surface area is 199 Å². The number of amides is 4. The standard InChI is InChI=1S/C22H32N8O4/c1-3-17(10-7-11-34-26-25-23)13-28-14-19-29(16-20(28)31)21(32)15-27(2)30(19)22(33)24-12-18-8-5-4-6-9-18/h4-6,8-9,17,19H,3,7,10-16H2,1-2H3,(H,24,33). The number of urea groups is 1. The van der Waals surface area contributed by atoms with Crippen molar-refractivity contribution < 1.29 is 19.2 Å². The van der Waals surface area contributed by atoms with E-state index in [-0.39, 0.29) is 43.4 Å². The number of carbonyl (C=O) groups excluding carboxylic acids is 3. The van der Waals surface area contributed by atoms with E-state index < -0.39 is 6.17 Å². The zero-order chi connectivity index (χ0) is 24.5. The van der Waals surface area contributed by atoms with Crippen LogP contribution in [0.5, 0.6) is 0 Å². The molecule has 2 heterocycles. The maximum atomic E-state index is 13.1. The molecule has 0 saturated carbocycles. The third-order valence-electron chi connectivity index (χ3n) is 6.23. The summed E-state index contributed by atoms with van der Waals surface area (Å²) in [6.07, 6.45) is 1.80. The van der Waals surface area contributed by atoms with Crippen molar-refractivity contribution in [3.8, 4) is 0 Å². The van der Waals surface area contributed by atoms with E-state index in [0.29, 0.717) is 26.1 Å². The average Bonchev–Trinajstić information content (AvgIpc) is 2.83. The van der Waals surface area contributed by atoms with Crippen LogP contribution in [0.4, 0.5) is 4.79 Å². The summed E-state index contributed by atoms with van der Waals surface area (Å²) in [5.41, 5.74) is 9.25. The number of hydrogen-bond donors (Lipinski definition) is 1. The van der Waals surface area contributed by atoms with Gasteiger partial charge < -0.3 is 20.0 Å². The van der Waals surface area contributed by atoms with E-state index in [4.69, 9.17) is 10.4 Å². The van der Waals surface area contributed by atoms with Gasteiger partial charge >= 0.3 is 6.03 Å². The molecule has 12 nitrogen and oxygen atoms in total. The highest BCUT2D eigenvalue weighted by molar-refractivity contribution is 5.89. The predicted molar refractivity (Wildman–Crippen MR) is 123 cm³/mol. The minimum absolute atomic E-state index is 0.0330. The lowest BCUT2D eigenvalue weighted by atomic mass is 9.99. The van der Waals surface area contributed by atoms with Crippen molar-refractivity contribution in [3.05, 3.63) is 46.3 Å². The van der Waals surface area contributed by atoms with Crippen molar-refractivity contribution in [2.45, 2.75) is 38.9 Å². The second kappa shape index (κ2) is 12.1. The van der Waals surface area contributed by atoms with Crippen LogP contribution in [0.15, 0.2) is 35.6 Å². The van der Waals surface area contributed by atoms with Gasteiger partial charge in [0.25, 0.3) is 0 Å². The maximum absolute atomic E-state index is 13.1. The number of azide groups is 1. The third-order valence-corrected chi connectivity index (χ3v) is 6.23.